The van der Waals surface area contributed by atoms with Gasteiger partial charge in [0.2, 0.25) is 0 Å². The first-order valence-electron chi connectivity index (χ1n) is 7.57. The SMILES string of the molecule is CC1CN(C(N)=NCCN2CCCCC2C)CCO1. The zero-order valence-electron chi connectivity index (χ0n) is 12.3. The Morgan fingerprint density at radius 2 is 2.16 bits per heavy atom. The largest absolute Gasteiger partial charge is 0.375 e. The summed E-state index contributed by atoms with van der Waals surface area (Å²) in [5, 5.41) is 0. The Kier molecular flexibility index (Phi) is 5.45. The number of ether oxygens (including phenoxy) is 1. The first-order valence-corrected chi connectivity index (χ1v) is 7.57. The van der Waals surface area contributed by atoms with E-state index in [4.69, 9.17) is 10.5 Å². The van der Waals surface area contributed by atoms with Crippen molar-refractivity contribution in [2.24, 2.45) is 10.7 Å². The molecule has 110 valence electrons. The Morgan fingerprint density at radius 1 is 1.32 bits per heavy atom. The van der Waals surface area contributed by atoms with Crippen LogP contribution >= 0.6 is 0 Å². The molecule has 2 atom stereocenters. The molecular formula is C14H28N4O. The van der Waals surface area contributed by atoms with E-state index in [1.807, 2.05) is 0 Å². The molecule has 2 fully saturated rings. The zero-order chi connectivity index (χ0) is 13.7. The van der Waals surface area contributed by atoms with Gasteiger partial charge in [-0.15, -0.1) is 0 Å². The molecule has 0 aromatic rings. The molecule has 0 aromatic carbocycles. The van der Waals surface area contributed by atoms with E-state index >= 15 is 0 Å². The molecule has 2 saturated heterocycles. The van der Waals surface area contributed by atoms with Crippen LogP contribution in [0.15, 0.2) is 4.99 Å². The summed E-state index contributed by atoms with van der Waals surface area (Å²) in [7, 11) is 0. The lowest BCUT2D eigenvalue weighted by molar-refractivity contribution is 0.00527. The molecule has 2 heterocycles. The molecular weight excluding hydrogens is 240 g/mol. The van der Waals surface area contributed by atoms with Gasteiger partial charge in [0.25, 0.3) is 0 Å². The van der Waals surface area contributed by atoms with Crippen LogP contribution in [-0.4, -0.2) is 67.2 Å². The van der Waals surface area contributed by atoms with Crippen molar-refractivity contribution in [1.29, 1.82) is 0 Å². The molecule has 0 radical (unpaired) electrons. The number of piperidine rings is 1. The molecule has 0 bridgehead atoms. The average Bonchev–Trinajstić information content (AvgIpc) is 2.41. The van der Waals surface area contributed by atoms with Crippen molar-refractivity contribution in [2.75, 3.05) is 39.3 Å². The molecule has 5 heteroatoms. The summed E-state index contributed by atoms with van der Waals surface area (Å²) < 4.78 is 5.51. The minimum Gasteiger partial charge on any atom is -0.375 e. The average molecular weight is 268 g/mol. The van der Waals surface area contributed by atoms with E-state index in [1.165, 1.54) is 25.8 Å². The second-order valence-electron chi connectivity index (χ2n) is 5.75. The number of nitrogens with zero attached hydrogens (tertiary/aromatic N) is 3. The highest BCUT2D eigenvalue weighted by molar-refractivity contribution is 5.78. The van der Waals surface area contributed by atoms with Crippen LogP contribution < -0.4 is 5.73 Å². The lowest BCUT2D eigenvalue weighted by Crippen LogP contribution is -2.48. The van der Waals surface area contributed by atoms with Gasteiger partial charge in [-0.3, -0.25) is 9.89 Å². The van der Waals surface area contributed by atoms with Crippen molar-refractivity contribution in [3.8, 4) is 0 Å². The number of guanidine groups is 1. The number of nitrogens with two attached hydrogens (primary N) is 1. The zero-order valence-corrected chi connectivity index (χ0v) is 12.3. The predicted octanol–water partition coefficient (Wildman–Crippen LogP) is 0.896. The van der Waals surface area contributed by atoms with Gasteiger partial charge in [0.05, 0.1) is 19.3 Å². The van der Waals surface area contributed by atoms with Crippen LogP contribution in [-0.2, 0) is 4.74 Å². The highest BCUT2D eigenvalue weighted by Crippen LogP contribution is 2.15. The minimum atomic E-state index is 0.254. The van der Waals surface area contributed by atoms with Crippen LogP contribution in [0.5, 0.6) is 0 Å². The van der Waals surface area contributed by atoms with Gasteiger partial charge in [0, 0.05) is 25.7 Å². The summed E-state index contributed by atoms with van der Waals surface area (Å²) >= 11 is 0. The van der Waals surface area contributed by atoms with E-state index in [9.17, 15) is 0 Å². The maximum atomic E-state index is 6.06. The summed E-state index contributed by atoms with van der Waals surface area (Å²) in [5.41, 5.74) is 6.06. The van der Waals surface area contributed by atoms with Crippen LogP contribution in [0, 0.1) is 0 Å². The van der Waals surface area contributed by atoms with Crippen LogP contribution in [0.2, 0.25) is 0 Å². The summed E-state index contributed by atoms with van der Waals surface area (Å²) in [5.74, 6) is 0.680. The van der Waals surface area contributed by atoms with Gasteiger partial charge in [-0.05, 0) is 33.2 Å². The Balaban J connectivity index is 1.74. The fourth-order valence-electron chi connectivity index (χ4n) is 2.91. The number of aliphatic imine (C=N–C) groups is 1. The van der Waals surface area contributed by atoms with Crippen molar-refractivity contribution >= 4 is 5.96 Å². The molecule has 19 heavy (non-hydrogen) atoms. The van der Waals surface area contributed by atoms with Crippen LogP contribution in [0.4, 0.5) is 0 Å². The number of morpholine rings is 1. The van der Waals surface area contributed by atoms with Gasteiger partial charge in [0.15, 0.2) is 5.96 Å². The Hall–Kier alpha value is -0.810. The van der Waals surface area contributed by atoms with E-state index in [0.29, 0.717) is 12.0 Å². The monoisotopic (exact) mass is 268 g/mol. The van der Waals surface area contributed by atoms with Crippen molar-refractivity contribution in [2.45, 2.75) is 45.3 Å². The number of hydrogen-bond acceptors (Lipinski definition) is 3. The first kappa shape index (κ1) is 14.6. The molecule has 0 aliphatic carbocycles. The van der Waals surface area contributed by atoms with Crippen molar-refractivity contribution in [3.05, 3.63) is 0 Å². The van der Waals surface area contributed by atoms with Gasteiger partial charge in [0.1, 0.15) is 0 Å². The van der Waals surface area contributed by atoms with Gasteiger partial charge in [-0.1, -0.05) is 6.42 Å². The third kappa shape index (κ3) is 4.35. The molecule has 5 nitrogen and oxygen atoms in total. The highest BCUT2D eigenvalue weighted by Gasteiger charge is 2.19. The third-order valence-corrected chi connectivity index (χ3v) is 4.17. The van der Waals surface area contributed by atoms with Crippen LogP contribution in [0.1, 0.15) is 33.1 Å². The molecule has 0 amide bonds. The molecule has 0 spiro atoms. The first-order chi connectivity index (χ1) is 9.16. The predicted molar refractivity (Wildman–Crippen MR) is 78.4 cm³/mol. The van der Waals surface area contributed by atoms with Crippen molar-refractivity contribution in [3.63, 3.8) is 0 Å². The summed E-state index contributed by atoms with van der Waals surface area (Å²) in [6, 6.07) is 0.702. The Labute approximate surface area is 116 Å². The number of rotatable bonds is 3. The fraction of sp³-hybridized carbons (Fsp3) is 0.929. The highest BCUT2D eigenvalue weighted by atomic mass is 16.5. The summed E-state index contributed by atoms with van der Waals surface area (Å²) in [6.07, 6.45) is 4.27. The number of hydrogen-bond donors (Lipinski definition) is 1. The third-order valence-electron chi connectivity index (χ3n) is 4.17. The molecule has 2 rings (SSSR count). The smallest absolute Gasteiger partial charge is 0.191 e. The summed E-state index contributed by atoms with van der Waals surface area (Å²) in [4.78, 5) is 9.20. The van der Waals surface area contributed by atoms with Gasteiger partial charge in [-0.2, -0.15) is 0 Å². The lowest BCUT2D eigenvalue weighted by Gasteiger charge is -2.33. The Morgan fingerprint density at radius 3 is 2.89 bits per heavy atom. The van der Waals surface area contributed by atoms with E-state index < -0.39 is 0 Å². The van der Waals surface area contributed by atoms with Crippen molar-refractivity contribution in [1.82, 2.24) is 9.80 Å². The lowest BCUT2D eigenvalue weighted by atomic mass is 10.0. The number of likely N-dealkylation sites (tertiary alicyclic amines) is 1. The maximum absolute atomic E-state index is 6.06. The fourth-order valence-corrected chi connectivity index (χ4v) is 2.91. The molecule has 2 aliphatic rings. The van der Waals surface area contributed by atoms with Crippen LogP contribution in [0.25, 0.3) is 0 Å². The molecule has 2 unspecified atom stereocenters. The standard InChI is InChI=1S/C14H28N4O/c1-12-5-3-4-7-17(12)8-6-16-14(15)18-9-10-19-13(2)11-18/h12-13H,3-11H2,1-2H3,(H2,15,16). The van der Waals surface area contributed by atoms with E-state index in [2.05, 4.69) is 28.6 Å². The second-order valence-corrected chi connectivity index (χ2v) is 5.75. The quantitative estimate of drug-likeness (QED) is 0.610. The van der Waals surface area contributed by atoms with E-state index in [-0.39, 0.29) is 6.10 Å². The molecule has 0 aromatic heterocycles. The molecule has 2 aliphatic heterocycles. The molecule has 2 N–H and O–H groups in total. The van der Waals surface area contributed by atoms with Crippen molar-refractivity contribution < 1.29 is 4.74 Å². The maximum Gasteiger partial charge on any atom is 0.191 e. The topological polar surface area (TPSA) is 54.1 Å². The van der Waals surface area contributed by atoms with Gasteiger partial charge < -0.3 is 15.4 Å². The molecule has 0 saturated carbocycles. The normalized spacial score (nSPS) is 30.6. The van der Waals surface area contributed by atoms with Crippen LogP contribution in [0.3, 0.4) is 0 Å². The van der Waals surface area contributed by atoms with Gasteiger partial charge >= 0.3 is 0 Å². The summed E-state index contributed by atoms with van der Waals surface area (Å²) in [6.45, 7) is 9.91. The second kappa shape index (κ2) is 7.10. The van der Waals surface area contributed by atoms with E-state index in [1.54, 1.807) is 0 Å². The van der Waals surface area contributed by atoms with Gasteiger partial charge in [-0.25, -0.2) is 0 Å². The van der Waals surface area contributed by atoms with E-state index in [0.717, 1.165) is 32.8 Å². The Bertz CT molecular complexity index is 308. The minimum absolute atomic E-state index is 0.254.